The van der Waals surface area contributed by atoms with Gasteiger partial charge in [0.05, 0.1) is 39.7 Å². The molecule has 168 valence electrons. The predicted octanol–water partition coefficient (Wildman–Crippen LogP) is 5.51. The standard InChI is InChI=1S/C26H24Cl2N4O/c1-16-24(19-6-3-7-21(27)23(19)28)31-22(15-33)25(30-16)32-10-8-26(9-11-32)12-17-4-2-5-18(14-29)20(17)13-26/h2-7,33H,8-13,15H2,1H3. The van der Waals surface area contributed by atoms with E-state index >= 15 is 0 Å². The molecule has 0 bridgehead atoms. The number of fused-ring (bicyclic) bond motifs is 1. The van der Waals surface area contributed by atoms with Crippen molar-refractivity contribution in [3.05, 3.63) is 74.5 Å². The number of piperidine rings is 1. The van der Waals surface area contributed by atoms with Crippen molar-refractivity contribution >= 4 is 29.0 Å². The highest BCUT2D eigenvalue weighted by Crippen LogP contribution is 2.46. The first-order valence-corrected chi connectivity index (χ1v) is 11.9. The smallest absolute Gasteiger partial charge is 0.153 e. The molecule has 0 radical (unpaired) electrons. The number of rotatable bonds is 3. The van der Waals surface area contributed by atoms with Crippen molar-refractivity contribution in [1.29, 1.82) is 5.26 Å². The number of hydrogen-bond donors (Lipinski definition) is 1. The van der Waals surface area contributed by atoms with Crippen LogP contribution in [0.5, 0.6) is 0 Å². The summed E-state index contributed by atoms with van der Waals surface area (Å²) in [7, 11) is 0. The molecule has 5 rings (SSSR count). The maximum atomic E-state index is 10.1. The van der Waals surface area contributed by atoms with E-state index in [0.717, 1.165) is 55.8 Å². The zero-order valence-electron chi connectivity index (χ0n) is 18.4. The molecule has 2 aliphatic rings. The molecule has 1 fully saturated rings. The number of nitriles is 1. The molecule has 1 aliphatic heterocycles. The Hall–Kier alpha value is -2.65. The highest BCUT2D eigenvalue weighted by Gasteiger charge is 2.41. The minimum Gasteiger partial charge on any atom is -0.390 e. The largest absolute Gasteiger partial charge is 0.390 e. The molecule has 5 nitrogen and oxygen atoms in total. The Morgan fingerprint density at radius 1 is 1.09 bits per heavy atom. The number of anilines is 1. The second kappa shape index (κ2) is 8.61. The third kappa shape index (κ3) is 3.87. The summed E-state index contributed by atoms with van der Waals surface area (Å²) >= 11 is 12.6. The first-order valence-electron chi connectivity index (χ1n) is 11.1. The fourth-order valence-corrected chi connectivity index (χ4v) is 5.74. The van der Waals surface area contributed by atoms with Crippen molar-refractivity contribution in [2.75, 3.05) is 18.0 Å². The second-order valence-corrected chi connectivity index (χ2v) is 9.87. The van der Waals surface area contributed by atoms with Crippen molar-refractivity contribution in [3.8, 4) is 17.3 Å². The molecule has 7 heteroatoms. The van der Waals surface area contributed by atoms with Gasteiger partial charge in [-0.25, -0.2) is 9.97 Å². The summed E-state index contributed by atoms with van der Waals surface area (Å²) < 4.78 is 0. The van der Waals surface area contributed by atoms with Crippen molar-refractivity contribution in [1.82, 2.24) is 9.97 Å². The van der Waals surface area contributed by atoms with Crippen LogP contribution in [-0.2, 0) is 19.4 Å². The van der Waals surface area contributed by atoms with Crippen LogP contribution in [0.25, 0.3) is 11.3 Å². The lowest BCUT2D eigenvalue weighted by Gasteiger charge is -2.40. The summed E-state index contributed by atoms with van der Waals surface area (Å²) in [6, 6.07) is 13.9. The molecule has 1 saturated heterocycles. The summed E-state index contributed by atoms with van der Waals surface area (Å²) in [5, 5.41) is 20.5. The summed E-state index contributed by atoms with van der Waals surface area (Å²) in [5.74, 6) is 0.736. The molecule has 33 heavy (non-hydrogen) atoms. The lowest BCUT2D eigenvalue weighted by Crippen LogP contribution is -2.41. The molecule has 3 aromatic rings. The Morgan fingerprint density at radius 2 is 1.85 bits per heavy atom. The van der Waals surface area contributed by atoms with Gasteiger partial charge in [0, 0.05) is 18.7 Å². The molecule has 1 N–H and O–H groups in total. The Balaban J connectivity index is 1.40. The minimum absolute atomic E-state index is 0.196. The van der Waals surface area contributed by atoms with Gasteiger partial charge in [-0.15, -0.1) is 0 Å². The maximum absolute atomic E-state index is 10.1. The zero-order valence-corrected chi connectivity index (χ0v) is 19.9. The van der Waals surface area contributed by atoms with Gasteiger partial charge in [0.25, 0.3) is 0 Å². The molecule has 1 spiro atoms. The van der Waals surface area contributed by atoms with Crippen molar-refractivity contribution in [3.63, 3.8) is 0 Å². The molecule has 1 aromatic heterocycles. The van der Waals surface area contributed by atoms with Crippen LogP contribution < -0.4 is 4.90 Å². The molecule has 2 aromatic carbocycles. The number of aromatic nitrogens is 2. The Kier molecular flexibility index (Phi) is 5.78. The van der Waals surface area contributed by atoms with Gasteiger partial charge in [-0.2, -0.15) is 5.26 Å². The molecule has 0 unspecified atom stereocenters. The third-order valence-corrected chi connectivity index (χ3v) is 7.93. The zero-order chi connectivity index (χ0) is 23.2. The summed E-state index contributed by atoms with van der Waals surface area (Å²) in [4.78, 5) is 11.8. The van der Waals surface area contributed by atoms with Crippen LogP contribution in [-0.4, -0.2) is 28.2 Å². The van der Waals surface area contributed by atoms with Crippen LogP contribution in [0.15, 0.2) is 36.4 Å². The number of aliphatic hydroxyl groups is 1. The first-order chi connectivity index (χ1) is 15.9. The van der Waals surface area contributed by atoms with Crippen molar-refractivity contribution in [2.24, 2.45) is 5.41 Å². The van der Waals surface area contributed by atoms with E-state index in [1.807, 2.05) is 31.2 Å². The van der Waals surface area contributed by atoms with Crippen molar-refractivity contribution < 1.29 is 5.11 Å². The first kappa shape index (κ1) is 22.2. The van der Waals surface area contributed by atoms with E-state index in [9.17, 15) is 10.4 Å². The maximum Gasteiger partial charge on any atom is 0.153 e. The SMILES string of the molecule is Cc1nc(N2CCC3(CC2)Cc2cccc(C#N)c2C3)c(CO)nc1-c1cccc(Cl)c1Cl. The number of aliphatic hydroxyl groups excluding tert-OH is 1. The normalized spacial score (nSPS) is 16.6. The summed E-state index contributed by atoms with van der Waals surface area (Å²) in [5.41, 5.74) is 6.19. The van der Waals surface area contributed by atoms with E-state index < -0.39 is 0 Å². The number of aryl methyl sites for hydroxylation is 1. The van der Waals surface area contributed by atoms with E-state index in [1.54, 1.807) is 6.07 Å². The lowest BCUT2D eigenvalue weighted by molar-refractivity contribution is 0.230. The number of hydrogen-bond acceptors (Lipinski definition) is 5. The molecule has 0 amide bonds. The minimum atomic E-state index is -0.202. The van der Waals surface area contributed by atoms with Crippen LogP contribution in [0.1, 0.15) is 40.9 Å². The van der Waals surface area contributed by atoms with Gasteiger partial charge in [0.1, 0.15) is 5.69 Å². The quantitative estimate of drug-likeness (QED) is 0.537. The molecule has 2 heterocycles. The van der Waals surface area contributed by atoms with E-state index in [0.29, 0.717) is 27.0 Å². The number of benzene rings is 2. The van der Waals surface area contributed by atoms with Gasteiger partial charge in [-0.05, 0) is 61.3 Å². The van der Waals surface area contributed by atoms with Crippen LogP contribution in [0.3, 0.4) is 0 Å². The highest BCUT2D eigenvalue weighted by molar-refractivity contribution is 6.43. The molecule has 0 saturated carbocycles. The van der Waals surface area contributed by atoms with Crippen LogP contribution in [0.2, 0.25) is 10.0 Å². The summed E-state index contributed by atoms with van der Waals surface area (Å²) in [6.07, 6.45) is 4.01. The van der Waals surface area contributed by atoms with Gasteiger partial charge >= 0.3 is 0 Å². The number of nitrogens with zero attached hydrogens (tertiary/aromatic N) is 4. The van der Waals surface area contributed by atoms with Crippen molar-refractivity contribution in [2.45, 2.75) is 39.2 Å². The second-order valence-electron chi connectivity index (χ2n) is 9.08. The molecule has 1 aliphatic carbocycles. The Labute approximate surface area is 203 Å². The van der Waals surface area contributed by atoms with Gasteiger partial charge in [-0.3, -0.25) is 0 Å². The van der Waals surface area contributed by atoms with Gasteiger partial charge in [0.15, 0.2) is 5.82 Å². The monoisotopic (exact) mass is 478 g/mol. The molecular formula is C26H24Cl2N4O. The lowest BCUT2D eigenvalue weighted by atomic mass is 9.76. The van der Waals surface area contributed by atoms with Crippen LogP contribution in [0.4, 0.5) is 5.82 Å². The third-order valence-electron chi connectivity index (χ3n) is 7.11. The van der Waals surface area contributed by atoms with E-state index in [1.165, 1.54) is 11.1 Å². The van der Waals surface area contributed by atoms with Crippen LogP contribution >= 0.6 is 23.2 Å². The van der Waals surface area contributed by atoms with Gasteiger partial charge in [0.2, 0.25) is 0 Å². The summed E-state index contributed by atoms with van der Waals surface area (Å²) in [6.45, 7) is 3.39. The molecule has 0 atom stereocenters. The predicted molar refractivity (Wildman–Crippen MR) is 131 cm³/mol. The van der Waals surface area contributed by atoms with E-state index in [4.69, 9.17) is 33.2 Å². The fraction of sp³-hybridized carbons (Fsp3) is 0.346. The van der Waals surface area contributed by atoms with Crippen LogP contribution in [0, 0.1) is 23.7 Å². The Bertz CT molecular complexity index is 1280. The van der Waals surface area contributed by atoms with Gasteiger partial charge in [-0.1, -0.05) is 47.5 Å². The van der Waals surface area contributed by atoms with E-state index in [2.05, 4.69) is 17.0 Å². The fourth-order valence-electron chi connectivity index (χ4n) is 5.34. The average Bonchev–Trinajstić information content (AvgIpc) is 3.19. The average molecular weight is 479 g/mol. The van der Waals surface area contributed by atoms with Gasteiger partial charge < -0.3 is 10.0 Å². The Morgan fingerprint density at radius 3 is 2.58 bits per heavy atom. The molecular weight excluding hydrogens is 455 g/mol. The topological polar surface area (TPSA) is 73.0 Å². The van der Waals surface area contributed by atoms with E-state index in [-0.39, 0.29) is 12.0 Å². The highest BCUT2D eigenvalue weighted by atomic mass is 35.5. The number of halogens is 2.